The molecule has 0 aliphatic heterocycles. The highest BCUT2D eigenvalue weighted by molar-refractivity contribution is 6.19. The Hall–Kier alpha value is -6.88. The van der Waals surface area contributed by atoms with Gasteiger partial charge in [0.25, 0.3) is 0 Å². The Labute approximate surface area is 286 Å². The van der Waals surface area contributed by atoms with Crippen LogP contribution < -0.4 is 9.80 Å². The van der Waals surface area contributed by atoms with Gasteiger partial charge in [0.05, 0.1) is 5.69 Å². The molecule has 0 spiro atoms. The van der Waals surface area contributed by atoms with Crippen LogP contribution in [0, 0.1) is 29.6 Å². The number of para-hydroxylation sites is 2. The lowest BCUT2D eigenvalue weighted by atomic mass is 10.00. The van der Waals surface area contributed by atoms with E-state index in [-0.39, 0.29) is 5.57 Å². The van der Waals surface area contributed by atoms with E-state index in [4.69, 9.17) is 0 Å². The molecule has 49 heavy (non-hydrogen) atoms. The van der Waals surface area contributed by atoms with E-state index in [9.17, 15) is 10.5 Å². The standard InChI is InChI=1S/C45H30N4/c1-31-15-18-37(19-16-31)49(38-22-20-36(21-23-38)48(34-9-4-2-5-10-34)35-11-6-3-7-12-35)44-26-25-41-39-24-17-32(27-33(29-46)30-47)28-43(39)40-13-8-14-42(44)45(40)41/h2-28H,1H3. The maximum Gasteiger partial charge on any atom is 0.130 e. The van der Waals surface area contributed by atoms with Crippen LogP contribution in [-0.4, -0.2) is 0 Å². The van der Waals surface area contributed by atoms with Crippen LogP contribution in [0.3, 0.4) is 0 Å². The summed E-state index contributed by atoms with van der Waals surface area (Å²) < 4.78 is 0. The Morgan fingerprint density at radius 1 is 0.490 bits per heavy atom. The second-order valence-corrected chi connectivity index (χ2v) is 12.1. The normalized spacial score (nSPS) is 10.9. The topological polar surface area (TPSA) is 54.1 Å². The van der Waals surface area contributed by atoms with Crippen molar-refractivity contribution in [3.63, 3.8) is 0 Å². The average molecular weight is 627 g/mol. The van der Waals surface area contributed by atoms with Gasteiger partial charge in [-0.2, -0.15) is 10.5 Å². The summed E-state index contributed by atoms with van der Waals surface area (Å²) >= 11 is 0. The number of allylic oxidation sites excluding steroid dienone is 1. The van der Waals surface area contributed by atoms with Gasteiger partial charge < -0.3 is 9.80 Å². The molecule has 7 aromatic carbocycles. The molecule has 0 fully saturated rings. The molecule has 0 aromatic heterocycles. The van der Waals surface area contributed by atoms with Crippen LogP contribution in [0.15, 0.2) is 163 Å². The van der Waals surface area contributed by atoms with Gasteiger partial charge in [0.15, 0.2) is 0 Å². The molecule has 0 bridgehead atoms. The first-order valence-electron chi connectivity index (χ1n) is 16.2. The van der Waals surface area contributed by atoms with E-state index in [1.165, 1.54) is 16.5 Å². The van der Waals surface area contributed by atoms with Crippen LogP contribution >= 0.6 is 0 Å². The smallest absolute Gasteiger partial charge is 0.130 e. The summed E-state index contributed by atoms with van der Waals surface area (Å²) in [5, 5.41) is 21.0. The van der Waals surface area contributed by atoms with Gasteiger partial charge in [0.1, 0.15) is 17.7 Å². The molecule has 7 aromatic rings. The number of nitriles is 2. The van der Waals surface area contributed by atoms with E-state index < -0.39 is 0 Å². The Balaban J connectivity index is 1.27. The minimum Gasteiger partial charge on any atom is -0.311 e. The predicted molar refractivity (Wildman–Crippen MR) is 202 cm³/mol. The fourth-order valence-corrected chi connectivity index (χ4v) is 6.87. The third-order valence-electron chi connectivity index (χ3n) is 9.12. The number of fused-ring (bicyclic) bond motifs is 3. The molecule has 4 heteroatoms. The van der Waals surface area contributed by atoms with Gasteiger partial charge in [-0.15, -0.1) is 0 Å². The molecule has 0 saturated carbocycles. The first-order valence-corrected chi connectivity index (χ1v) is 16.2. The lowest BCUT2D eigenvalue weighted by Crippen LogP contribution is -2.12. The highest BCUT2D eigenvalue weighted by atomic mass is 15.2. The number of benzene rings is 7. The Morgan fingerprint density at radius 3 is 1.63 bits per heavy atom. The van der Waals surface area contributed by atoms with E-state index >= 15 is 0 Å². The van der Waals surface area contributed by atoms with Gasteiger partial charge in [0, 0.05) is 33.8 Å². The van der Waals surface area contributed by atoms with Gasteiger partial charge in [-0.1, -0.05) is 90.5 Å². The van der Waals surface area contributed by atoms with Crippen molar-refractivity contribution >= 4 is 51.0 Å². The molecule has 1 aliphatic carbocycles. The van der Waals surface area contributed by atoms with E-state index in [2.05, 4.69) is 156 Å². The van der Waals surface area contributed by atoms with E-state index in [1.54, 1.807) is 6.08 Å². The number of anilines is 6. The molecule has 0 unspecified atom stereocenters. The average Bonchev–Trinajstić information content (AvgIpc) is 3.48. The number of nitrogens with zero attached hydrogens (tertiary/aromatic N) is 4. The summed E-state index contributed by atoms with van der Waals surface area (Å²) in [4.78, 5) is 4.61. The second-order valence-electron chi connectivity index (χ2n) is 12.1. The van der Waals surface area contributed by atoms with E-state index in [1.807, 2.05) is 30.3 Å². The molecule has 4 nitrogen and oxygen atoms in total. The first kappa shape index (κ1) is 29.5. The van der Waals surface area contributed by atoms with Crippen molar-refractivity contribution in [2.75, 3.05) is 9.80 Å². The van der Waals surface area contributed by atoms with Gasteiger partial charge in [-0.25, -0.2) is 0 Å². The van der Waals surface area contributed by atoms with Gasteiger partial charge in [-0.3, -0.25) is 0 Å². The van der Waals surface area contributed by atoms with Crippen LogP contribution in [0.4, 0.5) is 34.1 Å². The summed E-state index contributed by atoms with van der Waals surface area (Å²) in [6.07, 6.45) is 1.65. The van der Waals surface area contributed by atoms with Crippen LogP contribution in [-0.2, 0) is 0 Å². The SMILES string of the molecule is Cc1ccc(N(c2ccc(N(c3ccccc3)c3ccccc3)cc2)c2ccc3c4c(cccc24)-c2cc(C=C(C#N)C#N)ccc2-3)cc1. The maximum atomic E-state index is 9.33. The highest BCUT2D eigenvalue weighted by Crippen LogP contribution is 2.51. The zero-order valence-corrected chi connectivity index (χ0v) is 26.9. The molecule has 1 aliphatic rings. The van der Waals surface area contributed by atoms with Crippen LogP contribution in [0.2, 0.25) is 0 Å². The molecule has 0 N–H and O–H groups in total. The van der Waals surface area contributed by atoms with Crippen LogP contribution in [0.1, 0.15) is 11.1 Å². The predicted octanol–water partition coefficient (Wildman–Crippen LogP) is 12.2. The second kappa shape index (κ2) is 12.4. The zero-order chi connectivity index (χ0) is 33.3. The molecular formula is C45H30N4. The third-order valence-corrected chi connectivity index (χ3v) is 9.12. The third kappa shape index (κ3) is 5.28. The number of aryl methyl sites for hydroxylation is 1. The quantitative estimate of drug-likeness (QED) is 0.165. The van der Waals surface area contributed by atoms with Crippen molar-refractivity contribution < 1.29 is 0 Å². The fourth-order valence-electron chi connectivity index (χ4n) is 6.87. The highest BCUT2D eigenvalue weighted by Gasteiger charge is 2.25. The van der Waals surface area contributed by atoms with Crippen molar-refractivity contribution in [2.45, 2.75) is 6.92 Å². The Bertz CT molecular complexity index is 2390. The minimum absolute atomic E-state index is 0.0892. The fraction of sp³-hybridized carbons (Fsp3) is 0.0222. The molecular weight excluding hydrogens is 597 g/mol. The maximum absolute atomic E-state index is 9.33. The van der Waals surface area contributed by atoms with Gasteiger partial charge >= 0.3 is 0 Å². The molecule has 0 saturated heterocycles. The van der Waals surface area contributed by atoms with Crippen molar-refractivity contribution in [2.24, 2.45) is 0 Å². The molecule has 0 heterocycles. The van der Waals surface area contributed by atoms with E-state index in [0.717, 1.165) is 61.8 Å². The minimum atomic E-state index is 0.0892. The molecule has 230 valence electrons. The lowest BCUT2D eigenvalue weighted by molar-refractivity contribution is 1.26. The van der Waals surface area contributed by atoms with Crippen molar-refractivity contribution in [1.29, 1.82) is 10.5 Å². The summed E-state index contributed by atoms with van der Waals surface area (Å²) in [6.45, 7) is 2.11. The van der Waals surface area contributed by atoms with Crippen LogP contribution in [0.5, 0.6) is 0 Å². The zero-order valence-electron chi connectivity index (χ0n) is 26.9. The number of hydrogen-bond acceptors (Lipinski definition) is 4. The number of hydrogen-bond donors (Lipinski definition) is 0. The largest absolute Gasteiger partial charge is 0.311 e. The first-order chi connectivity index (χ1) is 24.1. The Kier molecular flexibility index (Phi) is 7.46. The summed E-state index contributed by atoms with van der Waals surface area (Å²) in [5.41, 5.74) is 13.2. The van der Waals surface area contributed by atoms with Crippen molar-refractivity contribution in [1.82, 2.24) is 0 Å². The van der Waals surface area contributed by atoms with Gasteiger partial charge in [-0.05, 0) is 119 Å². The summed E-state index contributed by atoms with van der Waals surface area (Å²) in [7, 11) is 0. The summed E-state index contributed by atoms with van der Waals surface area (Å²) in [5.74, 6) is 0. The molecule has 0 radical (unpaired) electrons. The van der Waals surface area contributed by atoms with Crippen molar-refractivity contribution in [3.05, 3.63) is 174 Å². The molecule has 0 amide bonds. The lowest BCUT2D eigenvalue weighted by Gasteiger charge is -2.29. The Morgan fingerprint density at radius 2 is 1.02 bits per heavy atom. The van der Waals surface area contributed by atoms with Crippen molar-refractivity contribution in [3.8, 4) is 34.4 Å². The summed E-state index contributed by atoms with van der Waals surface area (Å²) in [6, 6.07) is 59.4. The monoisotopic (exact) mass is 626 g/mol. The van der Waals surface area contributed by atoms with Crippen LogP contribution in [0.25, 0.3) is 39.1 Å². The number of rotatable bonds is 7. The van der Waals surface area contributed by atoms with Gasteiger partial charge in [0.2, 0.25) is 0 Å². The molecule has 8 rings (SSSR count). The molecule has 0 atom stereocenters. The van der Waals surface area contributed by atoms with E-state index in [0.29, 0.717) is 0 Å².